The van der Waals surface area contributed by atoms with Gasteiger partial charge in [0.2, 0.25) is 0 Å². The Kier molecular flexibility index (Phi) is 3.19. The maximum absolute atomic E-state index is 13.1. The largest absolute Gasteiger partial charge is 0.207 e. The van der Waals surface area contributed by atoms with Crippen LogP contribution in [0.3, 0.4) is 0 Å². The Labute approximate surface area is 80.8 Å². The highest BCUT2D eigenvalue weighted by Gasteiger charge is 2.11. The molecule has 0 amide bonds. The molecule has 0 bridgehead atoms. The summed E-state index contributed by atoms with van der Waals surface area (Å²) in [5.74, 6) is -0.797. The molecule has 0 aliphatic carbocycles. The van der Waals surface area contributed by atoms with Crippen LogP contribution >= 0.6 is 0 Å². The Morgan fingerprint density at radius 2 is 1.79 bits per heavy atom. The van der Waals surface area contributed by atoms with Crippen LogP contribution in [0.5, 0.6) is 0 Å². The molecule has 0 radical (unpaired) electrons. The number of hydrogen-bond acceptors (Lipinski definition) is 0. The van der Waals surface area contributed by atoms with Gasteiger partial charge < -0.3 is 0 Å². The highest BCUT2D eigenvalue weighted by molar-refractivity contribution is 5.21. The predicted octanol–water partition coefficient (Wildman–Crippen LogP) is 2.92. The molecule has 0 saturated carbocycles. The summed E-state index contributed by atoms with van der Waals surface area (Å²) >= 11 is 0. The lowest BCUT2D eigenvalue weighted by Gasteiger charge is -2.06. The van der Waals surface area contributed by atoms with Gasteiger partial charge in [-0.05, 0) is 18.1 Å². The van der Waals surface area contributed by atoms with Crippen molar-refractivity contribution in [1.82, 2.24) is 0 Å². The first kappa shape index (κ1) is 10.6. The van der Waals surface area contributed by atoms with Gasteiger partial charge in [-0.15, -0.1) is 12.3 Å². The number of rotatable bonds is 2. The normalized spacial score (nSPS) is 12.2. The quantitative estimate of drug-likeness (QED) is 0.506. The van der Waals surface area contributed by atoms with Crippen LogP contribution in [0.4, 0.5) is 13.2 Å². The number of hydrogen-bond donors (Lipinski definition) is 0. The molecular weight excluding hydrogens is 189 g/mol. The van der Waals surface area contributed by atoms with Gasteiger partial charge in [0.05, 0.1) is 0 Å². The molecule has 1 atom stereocenters. The lowest BCUT2D eigenvalue weighted by atomic mass is 10.0. The van der Waals surface area contributed by atoms with Crippen LogP contribution in [-0.2, 0) is 6.42 Å². The third kappa shape index (κ3) is 2.29. The third-order valence-electron chi connectivity index (χ3n) is 1.90. The minimum absolute atomic E-state index is 0.106. The maximum Gasteiger partial charge on any atom is 0.161 e. The van der Waals surface area contributed by atoms with Gasteiger partial charge in [-0.2, -0.15) is 0 Å². The number of terminal acetylenes is 1. The zero-order valence-electron chi connectivity index (χ0n) is 7.65. The minimum atomic E-state index is -1.18. The second-order valence-corrected chi connectivity index (χ2v) is 3.13. The average molecular weight is 198 g/mol. The van der Waals surface area contributed by atoms with Gasteiger partial charge in [0.25, 0.3) is 0 Å². The van der Waals surface area contributed by atoms with Crippen molar-refractivity contribution in [2.45, 2.75) is 13.3 Å². The fraction of sp³-hybridized carbons (Fsp3) is 0.273. The van der Waals surface area contributed by atoms with Crippen LogP contribution in [0.15, 0.2) is 12.1 Å². The van der Waals surface area contributed by atoms with Gasteiger partial charge in [0, 0.05) is 12.0 Å². The summed E-state index contributed by atoms with van der Waals surface area (Å²) < 4.78 is 38.3. The van der Waals surface area contributed by atoms with Crippen molar-refractivity contribution in [3.05, 3.63) is 35.1 Å². The molecule has 0 fully saturated rings. The lowest BCUT2D eigenvalue weighted by molar-refractivity contribution is 0.487. The zero-order valence-corrected chi connectivity index (χ0v) is 7.65. The molecule has 1 rings (SSSR count). The molecular formula is C11H9F3. The first-order chi connectivity index (χ1) is 6.54. The van der Waals surface area contributed by atoms with Gasteiger partial charge in [0.1, 0.15) is 5.82 Å². The molecule has 74 valence electrons. The highest BCUT2D eigenvalue weighted by Crippen LogP contribution is 2.16. The standard InChI is InChI=1S/C11H9F3/c1-3-7(2)4-8-5-10(13)11(14)6-9(8)12/h1,5-7H,4H2,2H3. The molecule has 0 N–H and O–H groups in total. The summed E-state index contributed by atoms with van der Waals surface area (Å²) in [4.78, 5) is 0. The van der Waals surface area contributed by atoms with Crippen LogP contribution in [0.2, 0.25) is 0 Å². The van der Waals surface area contributed by atoms with E-state index in [1.54, 1.807) is 6.92 Å². The lowest BCUT2D eigenvalue weighted by Crippen LogP contribution is -2.01. The molecule has 14 heavy (non-hydrogen) atoms. The van der Waals surface area contributed by atoms with Crippen LogP contribution in [0.1, 0.15) is 12.5 Å². The van der Waals surface area contributed by atoms with Crippen LogP contribution < -0.4 is 0 Å². The first-order valence-electron chi connectivity index (χ1n) is 4.14. The van der Waals surface area contributed by atoms with E-state index in [0.717, 1.165) is 6.07 Å². The smallest absolute Gasteiger partial charge is 0.161 e. The van der Waals surface area contributed by atoms with E-state index in [1.165, 1.54) is 0 Å². The Morgan fingerprint density at radius 3 is 2.36 bits per heavy atom. The molecule has 0 spiro atoms. The van der Waals surface area contributed by atoms with Gasteiger partial charge in [-0.1, -0.05) is 6.92 Å². The van der Waals surface area contributed by atoms with Crippen LogP contribution in [0, 0.1) is 35.7 Å². The molecule has 0 aliphatic heterocycles. The third-order valence-corrected chi connectivity index (χ3v) is 1.90. The second-order valence-electron chi connectivity index (χ2n) is 3.13. The van der Waals surface area contributed by atoms with Gasteiger partial charge in [-0.3, -0.25) is 0 Å². The molecule has 0 nitrogen and oxygen atoms in total. The van der Waals surface area contributed by atoms with Crippen molar-refractivity contribution >= 4 is 0 Å². The summed E-state index contributed by atoms with van der Waals surface area (Å²) in [6.07, 6.45) is 5.31. The summed E-state index contributed by atoms with van der Waals surface area (Å²) in [5.41, 5.74) is 0.106. The molecule has 0 aliphatic rings. The van der Waals surface area contributed by atoms with E-state index in [0.29, 0.717) is 6.07 Å². The maximum atomic E-state index is 13.1. The fourth-order valence-electron chi connectivity index (χ4n) is 1.11. The van der Waals surface area contributed by atoms with Crippen molar-refractivity contribution in [1.29, 1.82) is 0 Å². The summed E-state index contributed by atoms with van der Waals surface area (Å²) in [6.45, 7) is 1.71. The molecule has 3 heteroatoms. The topological polar surface area (TPSA) is 0 Å². The van der Waals surface area contributed by atoms with E-state index in [1.807, 2.05) is 0 Å². The van der Waals surface area contributed by atoms with Crippen LogP contribution in [-0.4, -0.2) is 0 Å². The Morgan fingerprint density at radius 1 is 1.21 bits per heavy atom. The molecule has 1 aromatic carbocycles. The zero-order chi connectivity index (χ0) is 10.7. The molecule has 0 heterocycles. The van der Waals surface area contributed by atoms with Crippen molar-refractivity contribution in [2.75, 3.05) is 0 Å². The van der Waals surface area contributed by atoms with Crippen molar-refractivity contribution in [2.24, 2.45) is 5.92 Å². The average Bonchev–Trinajstić information content (AvgIpc) is 2.14. The van der Waals surface area contributed by atoms with E-state index >= 15 is 0 Å². The summed E-state index contributed by atoms with van der Waals surface area (Å²) in [6, 6.07) is 1.38. The van der Waals surface area contributed by atoms with Gasteiger partial charge in [-0.25, -0.2) is 13.2 Å². The second kappa shape index (κ2) is 4.19. The highest BCUT2D eigenvalue weighted by atomic mass is 19.2. The monoisotopic (exact) mass is 198 g/mol. The van der Waals surface area contributed by atoms with Crippen molar-refractivity contribution in [3.63, 3.8) is 0 Å². The summed E-state index contributed by atoms with van der Waals surface area (Å²) in [7, 11) is 0. The van der Waals surface area contributed by atoms with Crippen molar-refractivity contribution < 1.29 is 13.2 Å². The SMILES string of the molecule is C#CC(C)Cc1cc(F)c(F)cc1F. The van der Waals surface area contributed by atoms with Gasteiger partial charge in [0.15, 0.2) is 11.6 Å². The van der Waals surface area contributed by atoms with E-state index in [-0.39, 0.29) is 17.9 Å². The van der Waals surface area contributed by atoms with E-state index in [2.05, 4.69) is 5.92 Å². The Balaban J connectivity index is 2.99. The number of benzene rings is 1. The Hall–Kier alpha value is -1.43. The van der Waals surface area contributed by atoms with Gasteiger partial charge >= 0.3 is 0 Å². The predicted molar refractivity (Wildman–Crippen MR) is 48.0 cm³/mol. The molecule has 0 saturated heterocycles. The van der Waals surface area contributed by atoms with E-state index in [4.69, 9.17) is 6.42 Å². The molecule has 1 aromatic rings. The van der Waals surface area contributed by atoms with E-state index in [9.17, 15) is 13.2 Å². The number of halogens is 3. The molecule has 1 unspecified atom stereocenters. The minimum Gasteiger partial charge on any atom is -0.207 e. The fourth-order valence-corrected chi connectivity index (χ4v) is 1.11. The van der Waals surface area contributed by atoms with E-state index < -0.39 is 17.5 Å². The van der Waals surface area contributed by atoms with Crippen LogP contribution in [0.25, 0.3) is 0 Å². The Bertz CT molecular complexity index is 377. The summed E-state index contributed by atoms with van der Waals surface area (Å²) in [5, 5.41) is 0. The molecule has 0 aromatic heterocycles. The van der Waals surface area contributed by atoms with Crippen molar-refractivity contribution in [3.8, 4) is 12.3 Å². The first-order valence-corrected chi connectivity index (χ1v) is 4.14.